The molecule has 6 nitrogen and oxygen atoms in total. The second-order valence-corrected chi connectivity index (χ2v) is 7.49. The molecule has 0 atom stereocenters. The van der Waals surface area contributed by atoms with Crippen molar-refractivity contribution in [2.45, 2.75) is 38.0 Å². The largest absolute Gasteiger partial charge is 0.399 e. The monoisotopic (exact) mass is 308 g/mol. The molecule has 0 spiro atoms. The van der Waals surface area contributed by atoms with Crippen LogP contribution in [-0.4, -0.2) is 23.2 Å². The predicted molar refractivity (Wildman–Crippen MR) is 81.3 cm³/mol. The van der Waals surface area contributed by atoms with E-state index in [9.17, 15) is 8.42 Å². The molecule has 0 radical (unpaired) electrons. The van der Waals surface area contributed by atoms with Crippen LogP contribution in [0.3, 0.4) is 0 Å². The topological polar surface area (TPSA) is 90.9 Å². The van der Waals surface area contributed by atoms with Gasteiger partial charge in [-0.25, -0.2) is 18.1 Å². The fraction of sp³-hybridized carbons (Fsp3) is 0.429. The van der Waals surface area contributed by atoms with Crippen LogP contribution in [0, 0.1) is 12.8 Å². The summed E-state index contributed by atoms with van der Waals surface area (Å²) in [5.74, 6) is 0.636. The highest BCUT2D eigenvalue weighted by Gasteiger charge is 2.21. The summed E-state index contributed by atoms with van der Waals surface area (Å²) in [5.41, 5.74) is 6.81. The van der Waals surface area contributed by atoms with E-state index in [1.807, 2.05) is 13.8 Å². The summed E-state index contributed by atoms with van der Waals surface area (Å²) in [6.07, 6.45) is 1.39. The highest BCUT2D eigenvalue weighted by Crippen LogP contribution is 2.22. The molecule has 0 fully saturated rings. The van der Waals surface area contributed by atoms with Gasteiger partial charge in [0.2, 0.25) is 0 Å². The van der Waals surface area contributed by atoms with Crippen LogP contribution in [0.15, 0.2) is 29.4 Å². The SMILES string of the molecule is Cc1ccc(N)cc1S(=O)(=O)Cc1ncnn1CC(C)C. The molecule has 0 amide bonds. The second kappa shape index (κ2) is 5.85. The first kappa shape index (κ1) is 15.5. The predicted octanol–water partition coefficient (Wildman–Crippen LogP) is 1.80. The van der Waals surface area contributed by atoms with E-state index in [0.717, 1.165) is 0 Å². The molecule has 0 saturated heterocycles. The van der Waals surface area contributed by atoms with Gasteiger partial charge >= 0.3 is 0 Å². The Balaban J connectivity index is 2.34. The molecule has 21 heavy (non-hydrogen) atoms. The van der Waals surface area contributed by atoms with Crippen LogP contribution >= 0.6 is 0 Å². The van der Waals surface area contributed by atoms with Gasteiger partial charge in [-0.15, -0.1) is 0 Å². The third-order valence-electron chi connectivity index (χ3n) is 3.10. The molecule has 7 heteroatoms. The Morgan fingerprint density at radius 3 is 2.71 bits per heavy atom. The fourth-order valence-corrected chi connectivity index (χ4v) is 3.69. The molecule has 0 bridgehead atoms. The van der Waals surface area contributed by atoms with E-state index in [-0.39, 0.29) is 10.6 Å². The summed E-state index contributed by atoms with van der Waals surface area (Å²) < 4.78 is 26.8. The number of aryl methyl sites for hydroxylation is 1. The van der Waals surface area contributed by atoms with Gasteiger partial charge in [0, 0.05) is 12.2 Å². The van der Waals surface area contributed by atoms with Gasteiger partial charge < -0.3 is 5.73 Å². The average molecular weight is 308 g/mol. The quantitative estimate of drug-likeness (QED) is 0.850. The van der Waals surface area contributed by atoms with Crippen LogP contribution < -0.4 is 5.73 Å². The molecule has 0 unspecified atom stereocenters. The number of nitrogens with zero attached hydrogens (tertiary/aromatic N) is 3. The van der Waals surface area contributed by atoms with Crippen molar-refractivity contribution >= 4 is 15.5 Å². The number of anilines is 1. The Morgan fingerprint density at radius 1 is 1.33 bits per heavy atom. The summed E-state index contributed by atoms with van der Waals surface area (Å²) in [4.78, 5) is 4.32. The molecule has 114 valence electrons. The Hall–Kier alpha value is -1.89. The Bertz CT molecular complexity index is 735. The standard InChI is InChI=1S/C14H20N4O2S/c1-10(2)7-18-14(16-9-17-18)8-21(19,20)13-6-12(15)5-4-11(13)3/h4-6,9-10H,7-8,15H2,1-3H3. The highest BCUT2D eigenvalue weighted by atomic mass is 32.2. The first-order chi connectivity index (χ1) is 9.79. The zero-order valence-electron chi connectivity index (χ0n) is 12.4. The van der Waals surface area contributed by atoms with E-state index in [4.69, 9.17) is 5.73 Å². The molecular formula is C14H20N4O2S. The third-order valence-corrected chi connectivity index (χ3v) is 4.85. The van der Waals surface area contributed by atoms with Gasteiger partial charge in [0.15, 0.2) is 9.84 Å². The van der Waals surface area contributed by atoms with E-state index >= 15 is 0 Å². The van der Waals surface area contributed by atoms with E-state index in [1.54, 1.807) is 23.7 Å². The molecular weight excluding hydrogens is 288 g/mol. The van der Waals surface area contributed by atoms with Crippen molar-refractivity contribution in [1.82, 2.24) is 14.8 Å². The summed E-state index contributed by atoms with van der Waals surface area (Å²) >= 11 is 0. The lowest BCUT2D eigenvalue weighted by atomic mass is 10.2. The lowest BCUT2D eigenvalue weighted by molar-refractivity contribution is 0.470. The van der Waals surface area contributed by atoms with Crippen LogP contribution in [0.25, 0.3) is 0 Å². The van der Waals surface area contributed by atoms with E-state index in [0.29, 0.717) is 29.5 Å². The number of sulfone groups is 1. The van der Waals surface area contributed by atoms with Gasteiger partial charge in [-0.2, -0.15) is 5.10 Å². The number of nitrogens with two attached hydrogens (primary N) is 1. The van der Waals surface area contributed by atoms with Crippen molar-refractivity contribution in [3.8, 4) is 0 Å². The molecule has 0 aliphatic heterocycles. The van der Waals surface area contributed by atoms with E-state index in [2.05, 4.69) is 10.1 Å². The molecule has 2 rings (SSSR count). The number of hydrogen-bond acceptors (Lipinski definition) is 5. The summed E-state index contributed by atoms with van der Waals surface area (Å²) in [5, 5.41) is 4.09. The Kier molecular flexibility index (Phi) is 4.32. The van der Waals surface area contributed by atoms with Crippen molar-refractivity contribution in [3.63, 3.8) is 0 Å². The second-order valence-electron chi connectivity index (χ2n) is 5.54. The minimum Gasteiger partial charge on any atom is -0.399 e. The number of aromatic nitrogens is 3. The lowest BCUT2D eigenvalue weighted by Crippen LogP contribution is -2.15. The fourth-order valence-electron chi connectivity index (χ4n) is 2.10. The molecule has 0 saturated carbocycles. The molecule has 1 heterocycles. The number of rotatable bonds is 5. The van der Waals surface area contributed by atoms with Crippen LogP contribution in [-0.2, 0) is 22.1 Å². The van der Waals surface area contributed by atoms with E-state index < -0.39 is 9.84 Å². The van der Waals surface area contributed by atoms with Crippen LogP contribution in [0.5, 0.6) is 0 Å². The maximum atomic E-state index is 12.6. The Labute approximate surface area is 124 Å². The highest BCUT2D eigenvalue weighted by molar-refractivity contribution is 7.90. The van der Waals surface area contributed by atoms with E-state index in [1.165, 1.54) is 12.4 Å². The molecule has 1 aromatic heterocycles. The van der Waals surface area contributed by atoms with Gasteiger partial charge in [0.05, 0.1) is 4.90 Å². The van der Waals surface area contributed by atoms with Gasteiger partial charge in [0.25, 0.3) is 0 Å². The maximum absolute atomic E-state index is 12.6. The van der Waals surface area contributed by atoms with Crippen molar-refractivity contribution in [1.29, 1.82) is 0 Å². The third kappa shape index (κ3) is 3.60. The van der Waals surface area contributed by atoms with Crippen LogP contribution in [0.2, 0.25) is 0 Å². The van der Waals surface area contributed by atoms with Crippen LogP contribution in [0.1, 0.15) is 25.2 Å². The van der Waals surface area contributed by atoms with Crippen LogP contribution in [0.4, 0.5) is 5.69 Å². The molecule has 0 aliphatic rings. The molecule has 1 aromatic carbocycles. The maximum Gasteiger partial charge on any atom is 0.185 e. The van der Waals surface area contributed by atoms with Gasteiger partial charge in [0.1, 0.15) is 17.9 Å². The van der Waals surface area contributed by atoms with Crippen molar-refractivity contribution in [3.05, 3.63) is 35.9 Å². The number of nitrogen functional groups attached to an aromatic ring is 1. The first-order valence-electron chi connectivity index (χ1n) is 6.75. The molecule has 2 aromatic rings. The van der Waals surface area contributed by atoms with Gasteiger partial charge in [-0.1, -0.05) is 19.9 Å². The van der Waals surface area contributed by atoms with Crippen molar-refractivity contribution in [2.75, 3.05) is 5.73 Å². The summed E-state index contributed by atoms with van der Waals surface area (Å²) in [7, 11) is -3.50. The smallest absolute Gasteiger partial charge is 0.185 e. The average Bonchev–Trinajstić information content (AvgIpc) is 2.78. The Morgan fingerprint density at radius 2 is 2.05 bits per heavy atom. The number of hydrogen-bond donors (Lipinski definition) is 1. The normalized spacial score (nSPS) is 12.0. The zero-order chi connectivity index (χ0) is 15.6. The summed E-state index contributed by atoms with van der Waals surface area (Å²) in [6, 6.07) is 4.89. The van der Waals surface area contributed by atoms with Gasteiger partial charge in [-0.3, -0.25) is 0 Å². The van der Waals surface area contributed by atoms with Crippen molar-refractivity contribution in [2.24, 2.45) is 5.92 Å². The number of benzene rings is 1. The molecule has 0 aliphatic carbocycles. The minimum absolute atomic E-state index is 0.177. The summed E-state index contributed by atoms with van der Waals surface area (Å²) in [6.45, 7) is 6.48. The zero-order valence-corrected chi connectivity index (χ0v) is 13.3. The van der Waals surface area contributed by atoms with Gasteiger partial charge in [-0.05, 0) is 30.5 Å². The minimum atomic E-state index is -3.50. The van der Waals surface area contributed by atoms with Crippen molar-refractivity contribution < 1.29 is 8.42 Å². The molecule has 2 N–H and O–H groups in total. The first-order valence-corrected chi connectivity index (χ1v) is 8.40. The lowest BCUT2D eigenvalue weighted by Gasteiger charge is -2.11.